The van der Waals surface area contributed by atoms with Crippen molar-refractivity contribution in [3.8, 4) is 11.1 Å². The molecule has 0 fully saturated rings. The monoisotopic (exact) mass is 708 g/mol. The molecule has 0 aliphatic carbocycles. The molecule has 7 aromatic carbocycles. The highest BCUT2D eigenvalue weighted by Crippen LogP contribution is 2.38. The average Bonchev–Trinajstić information content (AvgIpc) is 3.74. The van der Waals surface area contributed by atoms with Crippen molar-refractivity contribution in [2.45, 2.75) is 0 Å². The highest BCUT2D eigenvalue weighted by molar-refractivity contribution is 7.18. The number of hydrogen-bond acceptors (Lipinski definition) is 2. The summed E-state index contributed by atoms with van der Waals surface area (Å²) in [6.45, 7) is 18.2. The first-order valence-electron chi connectivity index (χ1n) is 18.0. The third-order valence-electron chi connectivity index (χ3n) is 10.3. The number of benzene rings is 6. The van der Waals surface area contributed by atoms with E-state index in [4.69, 9.17) is 4.42 Å². The van der Waals surface area contributed by atoms with Gasteiger partial charge in [-0.1, -0.05) is 166 Å². The standard InChI is InChI=1S/C52H36OS/c1-33-30-40(37-16-8-7-9-17-37)25-24-39(33)31-34(2)41-18-10-5-6-11-19-42(44-21-13-12-20-43(41)44)35(3)32-48-36(4)54-52-47(48)29-27-38-26-28-46-45-22-14-15-23-49(45)53-51(46)50(38)52/h5-32H,1-4H2/b6-5?,10-5?,11-6?,18-10?,19-11?,39-31-,41-18?,42-19?,43-41?,44-42?,48-32+. The summed E-state index contributed by atoms with van der Waals surface area (Å²) in [5.74, 6) is 0. The highest BCUT2D eigenvalue weighted by Gasteiger charge is 2.15. The zero-order valence-corrected chi connectivity index (χ0v) is 30.6. The van der Waals surface area contributed by atoms with E-state index in [-0.39, 0.29) is 0 Å². The van der Waals surface area contributed by atoms with Gasteiger partial charge in [-0.25, -0.2) is 0 Å². The van der Waals surface area contributed by atoms with Gasteiger partial charge in [0, 0.05) is 36.0 Å². The van der Waals surface area contributed by atoms with E-state index in [1.165, 1.54) is 10.3 Å². The molecule has 2 heteroatoms. The van der Waals surface area contributed by atoms with Crippen molar-refractivity contribution in [3.63, 3.8) is 0 Å². The summed E-state index contributed by atoms with van der Waals surface area (Å²) in [5.41, 5.74) is 7.99. The Labute approximate surface area is 317 Å². The van der Waals surface area contributed by atoms with Crippen molar-refractivity contribution >= 4 is 101 Å². The molecule has 0 amide bonds. The Morgan fingerprint density at radius 2 is 1.11 bits per heavy atom. The zero-order valence-electron chi connectivity index (χ0n) is 29.8. The van der Waals surface area contributed by atoms with Gasteiger partial charge in [0.25, 0.3) is 0 Å². The van der Waals surface area contributed by atoms with Crippen LogP contribution < -0.4 is 20.2 Å². The molecule has 0 saturated carbocycles. The van der Waals surface area contributed by atoms with Gasteiger partial charge in [0.15, 0.2) is 0 Å². The number of fused-ring (bicyclic) bond motifs is 8. The summed E-state index contributed by atoms with van der Waals surface area (Å²) in [7, 11) is 0. The van der Waals surface area contributed by atoms with E-state index >= 15 is 0 Å². The van der Waals surface area contributed by atoms with Crippen molar-refractivity contribution in [2.24, 2.45) is 0 Å². The molecule has 0 saturated heterocycles. The minimum atomic E-state index is 0.897. The average molecular weight is 709 g/mol. The number of hydrogen-bond donors (Lipinski definition) is 0. The van der Waals surface area contributed by atoms with Crippen molar-refractivity contribution in [3.05, 3.63) is 202 Å². The van der Waals surface area contributed by atoms with E-state index in [2.05, 4.69) is 172 Å². The predicted octanol–water partition coefficient (Wildman–Crippen LogP) is 11.7. The Bertz CT molecular complexity index is 3290. The fraction of sp³-hybridized carbons (Fsp3) is 0. The summed E-state index contributed by atoms with van der Waals surface area (Å²) in [6, 6.07) is 54.9. The largest absolute Gasteiger partial charge is 0.455 e. The second-order valence-corrected chi connectivity index (χ2v) is 14.7. The Balaban J connectivity index is 1.20. The predicted molar refractivity (Wildman–Crippen MR) is 237 cm³/mol. The molecule has 54 heavy (non-hydrogen) atoms. The zero-order chi connectivity index (χ0) is 36.8. The van der Waals surface area contributed by atoms with E-state index in [9.17, 15) is 0 Å². The van der Waals surface area contributed by atoms with Crippen molar-refractivity contribution in [2.75, 3.05) is 0 Å². The second-order valence-electron chi connectivity index (χ2n) is 13.6. The molecular formula is C52H36OS. The number of furan rings is 1. The van der Waals surface area contributed by atoms with Crippen LogP contribution in [0.15, 0.2) is 175 Å². The van der Waals surface area contributed by atoms with Crippen LogP contribution in [0.3, 0.4) is 0 Å². The minimum Gasteiger partial charge on any atom is -0.455 e. The molecule has 0 N–H and O–H groups in total. The van der Waals surface area contributed by atoms with Gasteiger partial charge in [0.05, 0.1) is 0 Å². The van der Waals surface area contributed by atoms with Gasteiger partial charge in [-0.05, 0) is 90.3 Å². The molecule has 0 bridgehead atoms. The lowest BCUT2D eigenvalue weighted by Gasteiger charge is -2.09. The molecule has 0 aliphatic heterocycles. The smallest absolute Gasteiger partial charge is 0.144 e. The summed E-state index contributed by atoms with van der Waals surface area (Å²) in [4.78, 5) is 0. The van der Waals surface area contributed by atoms with Crippen molar-refractivity contribution in [1.29, 1.82) is 0 Å². The molecule has 2 aromatic heterocycles. The molecule has 256 valence electrons. The van der Waals surface area contributed by atoms with Gasteiger partial charge in [-0.15, -0.1) is 11.3 Å². The third-order valence-corrected chi connectivity index (χ3v) is 11.3. The van der Waals surface area contributed by atoms with Gasteiger partial charge in [-0.3, -0.25) is 0 Å². The fourth-order valence-corrected chi connectivity index (χ4v) is 8.69. The quantitative estimate of drug-likeness (QED) is 0.173. The number of rotatable bonds is 5. The number of para-hydroxylation sites is 1. The molecule has 0 radical (unpaired) electrons. The molecule has 0 aliphatic rings. The van der Waals surface area contributed by atoms with Gasteiger partial charge < -0.3 is 4.42 Å². The van der Waals surface area contributed by atoms with Gasteiger partial charge in [0.1, 0.15) is 11.2 Å². The normalized spacial score (nSPS) is 12.2. The summed E-state index contributed by atoms with van der Waals surface area (Å²) >= 11 is 1.71. The minimum absolute atomic E-state index is 0.897. The summed E-state index contributed by atoms with van der Waals surface area (Å²) in [6.07, 6.45) is 4.33. The Hall–Kier alpha value is -6.74. The Morgan fingerprint density at radius 1 is 0.519 bits per heavy atom. The van der Waals surface area contributed by atoms with Crippen LogP contribution in [0.4, 0.5) is 0 Å². The molecule has 0 spiro atoms. The Kier molecular flexibility index (Phi) is 8.38. The summed E-state index contributed by atoms with van der Waals surface area (Å²) < 4.78 is 8.66. The second kappa shape index (κ2) is 13.7. The number of allylic oxidation sites excluding steroid dienone is 2. The maximum atomic E-state index is 6.50. The van der Waals surface area contributed by atoms with Crippen molar-refractivity contribution in [1.82, 2.24) is 0 Å². The third kappa shape index (κ3) is 5.84. The van der Waals surface area contributed by atoms with E-state index in [0.717, 1.165) is 96.9 Å². The first-order chi connectivity index (χ1) is 26.4. The fourth-order valence-electron chi connectivity index (χ4n) is 7.56. The van der Waals surface area contributed by atoms with Gasteiger partial charge >= 0.3 is 0 Å². The summed E-state index contributed by atoms with van der Waals surface area (Å²) in [5, 5.41) is 10.9. The SMILES string of the molecule is C=C(/C=c1/ccc(-c2ccccc2)cc1=C)c1ccccccc(C(=C)/C=c2\c(=C)sc3c2ccc2ccc4c5ccccc5oc4c23)c2ccccc12. The topological polar surface area (TPSA) is 13.1 Å². The van der Waals surface area contributed by atoms with E-state index in [1.54, 1.807) is 11.3 Å². The van der Waals surface area contributed by atoms with Gasteiger partial charge in [-0.2, -0.15) is 0 Å². The number of thiophene rings is 1. The lowest BCUT2D eigenvalue weighted by Crippen LogP contribution is -2.22. The van der Waals surface area contributed by atoms with Crippen molar-refractivity contribution < 1.29 is 4.42 Å². The maximum absolute atomic E-state index is 6.50. The molecule has 9 aromatic rings. The van der Waals surface area contributed by atoms with Crippen LogP contribution >= 0.6 is 11.3 Å². The molecule has 1 nitrogen and oxygen atoms in total. The van der Waals surface area contributed by atoms with Crippen LogP contribution in [0.1, 0.15) is 11.1 Å². The van der Waals surface area contributed by atoms with Crippen LogP contribution in [0.25, 0.3) is 101 Å². The molecule has 2 heterocycles. The van der Waals surface area contributed by atoms with Crippen LogP contribution in [0.2, 0.25) is 0 Å². The van der Waals surface area contributed by atoms with Gasteiger partial charge in [0.2, 0.25) is 0 Å². The first kappa shape index (κ1) is 33.1. The molecular weight excluding hydrogens is 673 g/mol. The van der Waals surface area contributed by atoms with E-state index in [1.807, 2.05) is 24.3 Å². The Morgan fingerprint density at radius 3 is 1.81 bits per heavy atom. The van der Waals surface area contributed by atoms with Crippen LogP contribution in [-0.2, 0) is 0 Å². The lowest BCUT2D eigenvalue weighted by atomic mass is 9.95. The van der Waals surface area contributed by atoms with Crippen LogP contribution in [-0.4, -0.2) is 0 Å². The highest BCUT2D eigenvalue weighted by atomic mass is 32.1. The lowest BCUT2D eigenvalue weighted by molar-refractivity contribution is 0.673. The maximum Gasteiger partial charge on any atom is 0.144 e. The molecule has 0 atom stereocenters. The van der Waals surface area contributed by atoms with E-state index < -0.39 is 0 Å². The van der Waals surface area contributed by atoms with Crippen LogP contribution in [0, 0.1) is 0 Å². The molecule has 9 rings (SSSR count). The first-order valence-corrected chi connectivity index (χ1v) is 18.8. The van der Waals surface area contributed by atoms with E-state index in [0.29, 0.717) is 0 Å². The molecule has 0 unspecified atom stereocenters. The van der Waals surface area contributed by atoms with Crippen LogP contribution in [0.5, 0.6) is 0 Å².